The van der Waals surface area contributed by atoms with Gasteiger partial charge in [0.05, 0.1) is 13.7 Å². The number of carbonyl (C=O) groups is 1. The first-order valence-electron chi connectivity index (χ1n) is 2.89. The number of carbonyl (C=O) groups excluding carboxylic acids is 1. The summed E-state index contributed by atoms with van der Waals surface area (Å²) in [4.78, 5) is 9.97. The van der Waals surface area contributed by atoms with E-state index in [0.717, 1.165) is 0 Å². The van der Waals surface area contributed by atoms with Crippen molar-refractivity contribution in [2.45, 2.75) is 6.92 Å². The summed E-state index contributed by atoms with van der Waals surface area (Å²) in [5.41, 5.74) is 0. The van der Waals surface area contributed by atoms with Crippen molar-refractivity contribution in [1.29, 1.82) is 0 Å². The summed E-state index contributed by atoms with van der Waals surface area (Å²) < 4.78 is 47.5. The van der Waals surface area contributed by atoms with E-state index in [1.54, 1.807) is 6.92 Å². The van der Waals surface area contributed by atoms with Crippen LogP contribution in [0.1, 0.15) is 6.92 Å². The first-order valence-corrected chi connectivity index (χ1v) is 2.89. The molecule has 0 aromatic carbocycles. The van der Waals surface area contributed by atoms with E-state index in [1.165, 1.54) is 7.11 Å². The van der Waals surface area contributed by atoms with Crippen LogP contribution in [0.15, 0.2) is 0 Å². The van der Waals surface area contributed by atoms with E-state index in [-0.39, 0.29) is 0 Å². The maximum Gasteiger partial charge on any atom is 0.673 e. The van der Waals surface area contributed by atoms with Crippen LogP contribution in [-0.2, 0) is 9.47 Å². The monoisotopic (exact) mass is 191 g/mol. The molecule has 12 heavy (non-hydrogen) atoms. The predicted molar refractivity (Wildman–Crippen MR) is 34.2 cm³/mol. The van der Waals surface area contributed by atoms with Crippen LogP contribution in [0.25, 0.3) is 0 Å². The number of hydrogen-bond donors (Lipinski definition) is 0. The molecule has 0 spiro atoms. The zero-order valence-corrected chi connectivity index (χ0v) is 6.52. The Kier molecular flexibility index (Phi) is 7.66. The van der Waals surface area contributed by atoms with Gasteiger partial charge in [0.15, 0.2) is 0 Å². The quantitative estimate of drug-likeness (QED) is 0.361. The van der Waals surface area contributed by atoms with E-state index in [1.807, 2.05) is 0 Å². The molecule has 0 amide bonds. The van der Waals surface area contributed by atoms with Crippen LogP contribution < -0.4 is 0 Å². The van der Waals surface area contributed by atoms with Gasteiger partial charge in [0, 0.05) is 0 Å². The van der Waals surface area contributed by atoms with Gasteiger partial charge in [-0.3, -0.25) is 0 Å². The zero-order valence-electron chi connectivity index (χ0n) is 6.52. The lowest BCUT2D eigenvalue weighted by molar-refractivity contribution is 0.0771. The largest absolute Gasteiger partial charge is 0.673 e. The first kappa shape index (κ1) is 13.6. The van der Waals surface area contributed by atoms with E-state index in [9.17, 15) is 22.1 Å². The molecule has 0 rings (SSSR count). The highest BCUT2D eigenvalue weighted by Crippen LogP contribution is 2.06. The molecule has 0 aromatic rings. The molecule has 0 aromatic heterocycles. The second-order valence-electron chi connectivity index (χ2n) is 1.38. The van der Waals surface area contributed by atoms with Crippen LogP contribution in [0, 0.1) is 0 Å². The molecular weight excluding hydrogens is 183 g/mol. The standard InChI is InChI=1S/C4H8O3.BF4/c1-3-7-4(5)6-2;2-1(3,4)5/h3H2,1-2H3;/q;-1. The molecule has 74 valence electrons. The molecule has 0 bridgehead atoms. The van der Waals surface area contributed by atoms with Crippen molar-refractivity contribution >= 4 is 13.4 Å². The van der Waals surface area contributed by atoms with Crippen LogP contribution in [-0.4, -0.2) is 27.1 Å². The minimum Gasteiger partial charge on any atom is -0.438 e. The van der Waals surface area contributed by atoms with E-state index < -0.39 is 13.4 Å². The molecule has 0 aliphatic carbocycles. The van der Waals surface area contributed by atoms with Crippen molar-refractivity contribution < 1.29 is 31.5 Å². The van der Waals surface area contributed by atoms with Gasteiger partial charge in [-0.1, -0.05) is 0 Å². The molecule has 0 N–H and O–H groups in total. The molecule has 0 aliphatic heterocycles. The molecule has 0 fully saturated rings. The van der Waals surface area contributed by atoms with Gasteiger partial charge >= 0.3 is 13.4 Å². The lowest BCUT2D eigenvalue weighted by Gasteiger charge is -1.94. The summed E-state index contributed by atoms with van der Waals surface area (Å²) in [6.45, 7) is 2.09. The Bertz CT molecular complexity index is 120. The molecule has 0 atom stereocenters. The average Bonchev–Trinajstić information content (AvgIpc) is 1.85. The Morgan fingerprint density at radius 2 is 1.67 bits per heavy atom. The van der Waals surface area contributed by atoms with Crippen molar-refractivity contribution in [2.75, 3.05) is 13.7 Å². The SMILES string of the molecule is CCOC(=O)OC.F[B-](F)(F)F. The van der Waals surface area contributed by atoms with Crippen LogP contribution >= 0.6 is 0 Å². The fraction of sp³-hybridized carbons (Fsp3) is 0.750. The lowest BCUT2D eigenvalue weighted by Crippen LogP contribution is -2.02. The molecule has 0 radical (unpaired) electrons. The number of halogens is 4. The van der Waals surface area contributed by atoms with Crippen LogP contribution in [0.4, 0.5) is 22.1 Å². The maximum atomic E-state index is 9.97. The summed E-state index contributed by atoms with van der Waals surface area (Å²) in [5, 5.41) is 0. The number of hydrogen-bond acceptors (Lipinski definition) is 3. The summed E-state index contributed by atoms with van der Waals surface area (Å²) in [6.07, 6.45) is -0.623. The minimum absolute atomic E-state index is 0.368. The number of methoxy groups -OCH3 is 1. The third kappa shape index (κ3) is 35.7. The fourth-order valence-corrected chi connectivity index (χ4v) is 0.177. The van der Waals surface area contributed by atoms with E-state index >= 15 is 0 Å². The summed E-state index contributed by atoms with van der Waals surface area (Å²) in [5.74, 6) is 0. The third-order valence-corrected chi connectivity index (χ3v) is 0.429. The highest BCUT2D eigenvalue weighted by molar-refractivity contribution is 6.50. The highest BCUT2D eigenvalue weighted by atomic mass is 19.5. The summed E-state index contributed by atoms with van der Waals surface area (Å²) in [7, 11) is -4.72. The lowest BCUT2D eigenvalue weighted by atomic mass is 10.3. The fourth-order valence-electron chi connectivity index (χ4n) is 0.177. The summed E-state index contributed by atoms with van der Waals surface area (Å²) in [6, 6.07) is 0. The topological polar surface area (TPSA) is 35.5 Å². The first-order chi connectivity index (χ1) is 5.31. The zero-order chi connectivity index (χ0) is 10.2. The van der Waals surface area contributed by atoms with Crippen molar-refractivity contribution in [3.63, 3.8) is 0 Å². The van der Waals surface area contributed by atoms with Gasteiger partial charge in [-0.05, 0) is 6.92 Å². The van der Waals surface area contributed by atoms with Crippen LogP contribution in [0.2, 0.25) is 0 Å². The van der Waals surface area contributed by atoms with Crippen LogP contribution in [0.5, 0.6) is 0 Å². The predicted octanol–water partition coefficient (Wildman–Crippen LogP) is 2.09. The van der Waals surface area contributed by atoms with Gasteiger partial charge in [-0.25, -0.2) is 4.79 Å². The van der Waals surface area contributed by atoms with Crippen molar-refractivity contribution in [3.05, 3.63) is 0 Å². The molecule has 0 heterocycles. The maximum absolute atomic E-state index is 9.97. The Hall–Kier alpha value is -0.945. The van der Waals surface area contributed by atoms with Gasteiger partial charge in [-0.15, -0.1) is 0 Å². The Labute approximate surface area is 66.7 Å². The Morgan fingerprint density at radius 3 is 1.75 bits per heavy atom. The van der Waals surface area contributed by atoms with Crippen molar-refractivity contribution in [2.24, 2.45) is 0 Å². The van der Waals surface area contributed by atoms with Crippen LogP contribution in [0.3, 0.4) is 0 Å². The smallest absolute Gasteiger partial charge is 0.438 e. The van der Waals surface area contributed by atoms with E-state index in [4.69, 9.17) is 0 Å². The second kappa shape index (κ2) is 6.75. The van der Waals surface area contributed by atoms with Crippen molar-refractivity contribution in [1.82, 2.24) is 0 Å². The molecular formula is C4H8BF4O3-. The molecule has 0 saturated heterocycles. The van der Waals surface area contributed by atoms with Gasteiger partial charge in [-0.2, -0.15) is 0 Å². The Balaban J connectivity index is 0. The van der Waals surface area contributed by atoms with Gasteiger partial charge in [0.25, 0.3) is 0 Å². The molecule has 3 nitrogen and oxygen atoms in total. The molecule has 0 unspecified atom stereocenters. The van der Waals surface area contributed by atoms with Gasteiger partial charge in [0.2, 0.25) is 0 Å². The molecule has 0 aliphatic rings. The number of rotatable bonds is 1. The molecule has 0 saturated carbocycles. The third-order valence-electron chi connectivity index (χ3n) is 0.429. The van der Waals surface area contributed by atoms with Crippen molar-refractivity contribution in [3.8, 4) is 0 Å². The highest BCUT2D eigenvalue weighted by Gasteiger charge is 2.20. The van der Waals surface area contributed by atoms with Gasteiger partial charge < -0.3 is 26.7 Å². The van der Waals surface area contributed by atoms with E-state index in [2.05, 4.69) is 9.47 Å². The average molecular weight is 191 g/mol. The molecule has 8 heteroatoms. The Morgan fingerprint density at radius 1 is 1.33 bits per heavy atom. The summed E-state index contributed by atoms with van der Waals surface area (Å²) >= 11 is 0. The van der Waals surface area contributed by atoms with E-state index in [0.29, 0.717) is 6.61 Å². The van der Waals surface area contributed by atoms with Gasteiger partial charge in [0.1, 0.15) is 0 Å². The second-order valence-corrected chi connectivity index (χ2v) is 1.38. The normalized spacial score (nSPS) is 9.50. The number of ether oxygens (including phenoxy) is 2. The minimum atomic E-state index is -6.00.